The van der Waals surface area contributed by atoms with Crippen LogP contribution in [0.15, 0.2) is 59.0 Å². The van der Waals surface area contributed by atoms with Crippen LogP contribution in [0.5, 0.6) is 5.75 Å². The van der Waals surface area contributed by atoms with E-state index in [0.717, 1.165) is 5.56 Å². The summed E-state index contributed by atoms with van der Waals surface area (Å²) in [4.78, 5) is 17.1. The van der Waals surface area contributed by atoms with Crippen molar-refractivity contribution in [3.63, 3.8) is 0 Å². The summed E-state index contributed by atoms with van der Waals surface area (Å²) in [6, 6.07) is 15.7. The molecule has 0 aliphatic heterocycles. The molecule has 1 amide bonds. The normalized spacial score (nSPS) is 10.8. The van der Waals surface area contributed by atoms with Crippen LogP contribution in [0.2, 0.25) is 10.0 Å². The second kappa shape index (κ2) is 9.16. The molecule has 3 aromatic carbocycles. The summed E-state index contributed by atoms with van der Waals surface area (Å²) in [5, 5.41) is 6.78. The third-order valence-corrected chi connectivity index (χ3v) is 5.46. The van der Waals surface area contributed by atoms with Crippen LogP contribution in [-0.4, -0.2) is 23.1 Å². The lowest BCUT2D eigenvalue weighted by atomic mass is 10.1. The van der Waals surface area contributed by atoms with Gasteiger partial charge in [-0.25, -0.2) is 4.98 Å². The van der Waals surface area contributed by atoms with Crippen LogP contribution < -0.4 is 15.4 Å². The van der Waals surface area contributed by atoms with E-state index in [-0.39, 0.29) is 11.0 Å². The zero-order valence-corrected chi connectivity index (χ0v) is 19.4. The lowest BCUT2D eigenvalue weighted by molar-refractivity contribution is 0.0974. The molecule has 0 unspecified atom stereocenters. The fourth-order valence-corrected chi connectivity index (χ4v) is 3.79. The number of methoxy groups -OCH3 is 1. The van der Waals surface area contributed by atoms with Crippen molar-refractivity contribution in [3.8, 4) is 17.2 Å². The molecule has 4 rings (SSSR count). The molecule has 4 aromatic rings. The van der Waals surface area contributed by atoms with Crippen molar-refractivity contribution in [2.45, 2.75) is 6.92 Å². The molecule has 0 saturated heterocycles. The number of halogens is 2. The fourth-order valence-electron chi connectivity index (χ4n) is 3.22. The number of carbonyl (C=O) groups excluding carboxylic acids is 1. The van der Waals surface area contributed by atoms with E-state index < -0.39 is 0 Å². The monoisotopic (exact) mass is 485 g/mol. The highest BCUT2D eigenvalue weighted by Crippen LogP contribution is 2.33. The van der Waals surface area contributed by atoms with Gasteiger partial charge in [-0.1, -0.05) is 35.3 Å². The molecule has 0 radical (unpaired) electrons. The van der Waals surface area contributed by atoms with Gasteiger partial charge in [0.25, 0.3) is 5.91 Å². The van der Waals surface area contributed by atoms with Gasteiger partial charge < -0.3 is 14.5 Å². The van der Waals surface area contributed by atoms with Gasteiger partial charge >= 0.3 is 0 Å². The molecular formula is C23H17Cl2N3O3S. The number of carbonyl (C=O) groups is 1. The van der Waals surface area contributed by atoms with Crippen LogP contribution >= 0.6 is 35.4 Å². The SMILES string of the molecule is COc1c(C)cccc1C(=O)NC(=S)Nc1ccc(Cl)c(-c2nc3cc(Cl)ccc3o2)c1. The van der Waals surface area contributed by atoms with Crippen molar-refractivity contribution in [2.24, 2.45) is 0 Å². The number of hydrogen-bond acceptors (Lipinski definition) is 5. The van der Waals surface area contributed by atoms with E-state index in [1.54, 1.807) is 48.5 Å². The highest BCUT2D eigenvalue weighted by atomic mass is 35.5. The van der Waals surface area contributed by atoms with Crippen LogP contribution in [0.1, 0.15) is 15.9 Å². The second-order valence-corrected chi connectivity index (χ2v) is 8.14. The Labute approximate surface area is 199 Å². The Balaban J connectivity index is 1.54. The van der Waals surface area contributed by atoms with E-state index in [1.807, 2.05) is 13.0 Å². The molecule has 0 atom stereocenters. The minimum Gasteiger partial charge on any atom is -0.496 e. The second-order valence-electron chi connectivity index (χ2n) is 6.89. The van der Waals surface area contributed by atoms with Gasteiger partial charge in [-0.2, -0.15) is 0 Å². The molecule has 6 nitrogen and oxygen atoms in total. The molecule has 0 aliphatic carbocycles. The van der Waals surface area contributed by atoms with Crippen molar-refractivity contribution in [2.75, 3.05) is 12.4 Å². The van der Waals surface area contributed by atoms with E-state index in [9.17, 15) is 4.79 Å². The molecular weight excluding hydrogens is 469 g/mol. The van der Waals surface area contributed by atoms with Crippen molar-refractivity contribution < 1.29 is 13.9 Å². The first-order valence-corrected chi connectivity index (χ1v) is 10.6. The number of fused-ring (bicyclic) bond motifs is 1. The average molecular weight is 486 g/mol. The van der Waals surface area contributed by atoms with Gasteiger partial charge in [0.1, 0.15) is 11.3 Å². The van der Waals surface area contributed by atoms with E-state index in [0.29, 0.717) is 49.6 Å². The predicted octanol–water partition coefficient (Wildman–Crippen LogP) is 6.25. The maximum Gasteiger partial charge on any atom is 0.261 e. The quantitative estimate of drug-likeness (QED) is 0.333. The molecule has 0 spiro atoms. The first kappa shape index (κ1) is 22.1. The zero-order valence-electron chi connectivity index (χ0n) is 17.0. The molecule has 1 aromatic heterocycles. The van der Waals surface area contributed by atoms with Crippen LogP contribution in [0.3, 0.4) is 0 Å². The number of nitrogens with zero attached hydrogens (tertiary/aromatic N) is 1. The van der Waals surface area contributed by atoms with Gasteiger partial charge in [0.2, 0.25) is 5.89 Å². The van der Waals surface area contributed by atoms with Crippen molar-refractivity contribution in [1.82, 2.24) is 10.3 Å². The van der Waals surface area contributed by atoms with E-state index in [4.69, 9.17) is 44.6 Å². The van der Waals surface area contributed by atoms with Crippen LogP contribution in [0.4, 0.5) is 5.69 Å². The average Bonchev–Trinajstić information content (AvgIpc) is 3.17. The molecule has 32 heavy (non-hydrogen) atoms. The first-order chi connectivity index (χ1) is 15.4. The van der Waals surface area contributed by atoms with E-state index in [1.165, 1.54) is 7.11 Å². The molecule has 1 heterocycles. The van der Waals surface area contributed by atoms with Crippen LogP contribution in [0, 0.1) is 6.92 Å². The number of nitrogens with one attached hydrogen (secondary N) is 2. The molecule has 162 valence electrons. The maximum atomic E-state index is 12.7. The standard InChI is InChI=1S/C23H17Cl2N3O3S/c1-12-4-3-5-15(20(12)30-2)21(29)28-23(32)26-14-7-8-17(25)16(11-14)22-27-18-10-13(24)6-9-19(18)31-22/h3-11H,1-2H3,(H2,26,28,29,32). The summed E-state index contributed by atoms with van der Waals surface area (Å²) in [5.74, 6) is 0.459. The Morgan fingerprint density at radius 2 is 1.94 bits per heavy atom. The molecule has 0 aliphatic rings. The minimum absolute atomic E-state index is 0.121. The fraction of sp³-hybridized carbons (Fsp3) is 0.0870. The number of thiocarbonyl (C=S) groups is 1. The topological polar surface area (TPSA) is 76.4 Å². The Morgan fingerprint density at radius 1 is 1.12 bits per heavy atom. The van der Waals surface area contributed by atoms with Crippen molar-refractivity contribution in [1.29, 1.82) is 0 Å². The summed E-state index contributed by atoms with van der Waals surface area (Å²) in [6.45, 7) is 1.86. The predicted molar refractivity (Wildman–Crippen MR) is 131 cm³/mol. The molecule has 0 bridgehead atoms. The maximum absolute atomic E-state index is 12.7. The molecule has 2 N–H and O–H groups in total. The first-order valence-electron chi connectivity index (χ1n) is 9.47. The number of aromatic nitrogens is 1. The summed E-state index contributed by atoms with van der Waals surface area (Å²) in [5.41, 5.74) is 3.62. The smallest absolute Gasteiger partial charge is 0.261 e. The highest BCUT2D eigenvalue weighted by molar-refractivity contribution is 7.80. The Hall–Kier alpha value is -3.13. The number of para-hydroxylation sites is 1. The largest absolute Gasteiger partial charge is 0.496 e. The van der Waals surface area contributed by atoms with E-state index in [2.05, 4.69) is 15.6 Å². The number of rotatable bonds is 4. The Bertz CT molecular complexity index is 1350. The molecule has 0 fully saturated rings. The van der Waals surface area contributed by atoms with Crippen molar-refractivity contribution >= 4 is 63.2 Å². The number of benzene rings is 3. The lowest BCUT2D eigenvalue weighted by Gasteiger charge is -2.13. The van der Waals surface area contributed by atoms with Gasteiger partial charge in [0.05, 0.1) is 23.3 Å². The van der Waals surface area contributed by atoms with Crippen LogP contribution in [0.25, 0.3) is 22.6 Å². The van der Waals surface area contributed by atoms with Gasteiger partial charge in [-0.15, -0.1) is 0 Å². The number of aryl methyl sites for hydroxylation is 1. The third-order valence-electron chi connectivity index (χ3n) is 4.69. The molecule has 9 heteroatoms. The number of hydrogen-bond donors (Lipinski definition) is 2. The van der Waals surface area contributed by atoms with Gasteiger partial charge in [-0.3, -0.25) is 10.1 Å². The van der Waals surface area contributed by atoms with Crippen molar-refractivity contribution in [3.05, 3.63) is 75.8 Å². The summed E-state index contributed by atoms with van der Waals surface area (Å²) >= 11 is 17.7. The summed E-state index contributed by atoms with van der Waals surface area (Å²) in [7, 11) is 1.52. The number of ether oxygens (including phenoxy) is 1. The van der Waals surface area contributed by atoms with Crippen LogP contribution in [-0.2, 0) is 0 Å². The Kier molecular flexibility index (Phi) is 6.32. The number of amides is 1. The van der Waals surface area contributed by atoms with E-state index >= 15 is 0 Å². The van der Waals surface area contributed by atoms with Gasteiger partial charge in [-0.05, 0) is 67.2 Å². The number of oxazole rings is 1. The lowest BCUT2D eigenvalue weighted by Crippen LogP contribution is -2.34. The summed E-state index contributed by atoms with van der Waals surface area (Å²) < 4.78 is 11.2. The summed E-state index contributed by atoms with van der Waals surface area (Å²) in [6.07, 6.45) is 0. The zero-order chi connectivity index (χ0) is 22.8. The Morgan fingerprint density at radius 3 is 2.72 bits per heavy atom. The highest BCUT2D eigenvalue weighted by Gasteiger charge is 2.16. The van der Waals surface area contributed by atoms with Gasteiger partial charge in [0, 0.05) is 10.7 Å². The third kappa shape index (κ3) is 4.55. The number of anilines is 1. The van der Waals surface area contributed by atoms with Gasteiger partial charge in [0.15, 0.2) is 10.7 Å². The molecule has 0 saturated carbocycles. The minimum atomic E-state index is -0.381.